The van der Waals surface area contributed by atoms with Crippen LogP contribution in [0.3, 0.4) is 0 Å². The van der Waals surface area contributed by atoms with E-state index in [2.05, 4.69) is 16.3 Å². The number of amides is 1. The van der Waals surface area contributed by atoms with Crippen molar-refractivity contribution in [2.75, 3.05) is 26.2 Å². The number of nitrogens with one attached hydrogen (secondary N) is 1. The second-order valence-electron chi connectivity index (χ2n) is 7.12. The quantitative estimate of drug-likeness (QED) is 0.824. The van der Waals surface area contributed by atoms with Gasteiger partial charge in [0, 0.05) is 6.54 Å². The van der Waals surface area contributed by atoms with Gasteiger partial charge in [-0.2, -0.15) is 0 Å². The van der Waals surface area contributed by atoms with Crippen molar-refractivity contribution in [3.8, 4) is 5.75 Å². The highest BCUT2D eigenvalue weighted by atomic mass is 16.5. The standard InChI is InChI=1S/C21H28N2O3/c1-15-10-16(2)12-18(11-15)25-14-21(24)22-13-19(23-8-4-5-9-23)20-7-6-17(3)26-20/h6-7,10-12,19H,4-5,8-9,13-14H2,1-3H3,(H,22,24). The molecule has 5 nitrogen and oxygen atoms in total. The zero-order valence-electron chi connectivity index (χ0n) is 15.9. The number of benzene rings is 1. The van der Waals surface area contributed by atoms with Gasteiger partial charge >= 0.3 is 0 Å². The Kier molecular flexibility index (Phi) is 5.99. The van der Waals surface area contributed by atoms with Crippen molar-refractivity contribution >= 4 is 5.91 Å². The highest BCUT2D eigenvalue weighted by Crippen LogP contribution is 2.26. The van der Waals surface area contributed by atoms with Gasteiger partial charge < -0.3 is 14.5 Å². The van der Waals surface area contributed by atoms with Crippen LogP contribution in [0.15, 0.2) is 34.7 Å². The van der Waals surface area contributed by atoms with Crippen LogP contribution in [0.1, 0.15) is 41.5 Å². The number of hydrogen-bond donors (Lipinski definition) is 1. The highest BCUT2D eigenvalue weighted by molar-refractivity contribution is 5.77. The summed E-state index contributed by atoms with van der Waals surface area (Å²) < 4.78 is 11.5. The maximum atomic E-state index is 12.3. The topological polar surface area (TPSA) is 54.7 Å². The van der Waals surface area contributed by atoms with Crippen LogP contribution in [0.5, 0.6) is 5.75 Å². The fraction of sp³-hybridized carbons (Fsp3) is 0.476. The summed E-state index contributed by atoms with van der Waals surface area (Å²) >= 11 is 0. The molecular formula is C21H28N2O3. The van der Waals surface area contributed by atoms with Gasteiger partial charge in [0.2, 0.25) is 0 Å². The fourth-order valence-electron chi connectivity index (χ4n) is 3.52. The summed E-state index contributed by atoms with van der Waals surface area (Å²) in [7, 11) is 0. The molecule has 0 bridgehead atoms. The van der Waals surface area contributed by atoms with Gasteiger partial charge in [0.25, 0.3) is 5.91 Å². The van der Waals surface area contributed by atoms with Crippen LogP contribution in [-0.2, 0) is 4.79 Å². The van der Waals surface area contributed by atoms with Crippen molar-refractivity contribution in [1.82, 2.24) is 10.2 Å². The van der Waals surface area contributed by atoms with Crippen LogP contribution in [-0.4, -0.2) is 37.0 Å². The summed E-state index contributed by atoms with van der Waals surface area (Å²) in [6.45, 7) is 8.62. The first kappa shape index (κ1) is 18.5. The summed E-state index contributed by atoms with van der Waals surface area (Å²) in [4.78, 5) is 14.6. The maximum absolute atomic E-state index is 12.3. The number of carbonyl (C=O) groups excluding carboxylic acids is 1. The molecule has 1 aliphatic heterocycles. The Hall–Kier alpha value is -2.27. The Morgan fingerprint density at radius 3 is 2.46 bits per heavy atom. The van der Waals surface area contributed by atoms with E-state index in [1.54, 1.807) is 0 Å². The van der Waals surface area contributed by atoms with Crippen molar-refractivity contribution in [3.05, 3.63) is 53.0 Å². The maximum Gasteiger partial charge on any atom is 0.258 e. The van der Waals surface area contributed by atoms with Crippen molar-refractivity contribution in [1.29, 1.82) is 0 Å². The predicted molar refractivity (Wildman–Crippen MR) is 101 cm³/mol. The molecule has 0 aliphatic carbocycles. The van der Waals surface area contributed by atoms with E-state index < -0.39 is 0 Å². The zero-order valence-corrected chi connectivity index (χ0v) is 15.9. The first-order valence-corrected chi connectivity index (χ1v) is 9.29. The first-order valence-electron chi connectivity index (χ1n) is 9.29. The van der Waals surface area contributed by atoms with E-state index in [9.17, 15) is 4.79 Å². The van der Waals surface area contributed by atoms with Gasteiger partial charge in [-0.15, -0.1) is 0 Å². The number of ether oxygens (including phenoxy) is 1. The number of furan rings is 1. The van der Waals surface area contributed by atoms with Gasteiger partial charge in [-0.3, -0.25) is 9.69 Å². The highest BCUT2D eigenvalue weighted by Gasteiger charge is 2.26. The molecule has 1 aromatic carbocycles. The van der Waals surface area contributed by atoms with Gasteiger partial charge in [0.15, 0.2) is 6.61 Å². The number of carbonyl (C=O) groups is 1. The Labute approximate surface area is 155 Å². The van der Waals surface area contributed by atoms with Crippen LogP contribution in [0.4, 0.5) is 0 Å². The van der Waals surface area contributed by atoms with Gasteiger partial charge in [0.1, 0.15) is 17.3 Å². The molecule has 26 heavy (non-hydrogen) atoms. The van der Waals surface area contributed by atoms with Crippen LogP contribution < -0.4 is 10.1 Å². The minimum atomic E-state index is -0.114. The predicted octanol–water partition coefficient (Wildman–Crippen LogP) is 3.54. The third kappa shape index (κ3) is 4.88. The van der Waals surface area contributed by atoms with Crippen molar-refractivity contribution in [3.63, 3.8) is 0 Å². The Morgan fingerprint density at radius 2 is 1.85 bits per heavy atom. The number of hydrogen-bond acceptors (Lipinski definition) is 4. The Morgan fingerprint density at radius 1 is 1.15 bits per heavy atom. The molecule has 1 unspecified atom stereocenters. The molecule has 1 saturated heterocycles. The average molecular weight is 356 g/mol. The largest absolute Gasteiger partial charge is 0.484 e. The molecule has 0 radical (unpaired) electrons. The molecule has 0 saturated carbocycles. The minimum absolute atomic E-state index is 0.0206. The molecule has 140 valence electrons. The molecule has 1 amide bonds. The van der Waals surface area contributed by atoms with Crippen LogP contribution in [0.25, 0.3) is 0 Å². The third-order valence-electron chi connectivity index (χ3n) is 4.73. The van der Waals surface area contributed by atoms with E-state index in [-0.39, 0.29) is 18.6 Å². The molecule has 3 rings (SSSR count). The zero-order chi connectivity index (χ0) is 18.5. The Bertz CT molecular complexity index is 727. The van der Waals surface area contributed by atoms with Crippen molar-refractivity contribution in [2.45, 2.75) is 39.7 Å². The molecular weight excluding hydrogens is 328 g/mol. The van der Waals surface area contributed by atoms with E-state index in [1.165, 1.54) is 12.8 Å². The lowest BCUT2D eigenvalue weighted by atomic mass is 10.1. The summed E-state index contributed by atoms with van der Waals surface area (Å²) in [5, 5.41) is 3.00. The van der Waals surface area contributed by atoms with Crippen molar-refractivity contribution in [2.24, 2.45) is 0 Å². The van der Waals surface area contributed by atoms with Gasteiger partial charge in [0.05, 0.1) is 6.04 Å². The SMILES string of the molecule is Cc1cc(C)cc(OCC(=O)NCC(c2ccc(C)o2)N2CCCC2)c1. The molecule has 5 heteroatoms. The van der Waals surface area contributed by atoms with Crippen molar-refractivity contribution < 1.29 is 13.9 Å². The molecule has 1 aromatic heterocycles. The van der Waals surface area contributed by atoms with Gasteiger partial charge in [-0.05, 0) is 82.1 Å². The summed E-state index contributed by atoms with van der Waals surface area (Å²) in [6, 6.07) is 10.0. The van der Waals surface area contributed by atoms with Crippen LogP contribution in [0.2, 0.25) is 0 Å². The van der Waals surface area contributed by atoms with E-state index in [0.29, 0.717) is 6.54 Å². The number of rotatable bonds is 7. The normalized spacial score (nSPS) is 15.8. The van der Waals surface area contributed by atoms with E-state index in [0.717, 1.165) is 41.5 Å². The lowest BCUT2D eigenvalue weighted by molar-refractivity contribution is -0.123. The van der Waals surface area contributed by atoms with E-state index in [4.69, 9.17) is 9.15 Å². The third-order valence-corrected chi connectivity index (χ3v) is 4.73. The molecule has 0 spiro atoms. The molecule has 1 aliphatic rings. The summed E-state index contributed by atoms with van der Waals surface area (Å²) in [6.07, 6.45) is 2.39. The molecule has 2 aromatic rings. The Balaban J connectivity index is 1.55. The number of nitrogens with zero attached hydrogens (tertiary/aromatic N) is 1. The molecule has 1 N–H and O–H groups in total. The molecule has 1 atom stereocenters. The van der Waals surface area contributed by atoms with Crippen LogP contribution in [0, 0.1) is 20.8 Å². The van der Waals surface area contributed by atoms with Gasteiger partial charge in [-0.1, -0.05) is 6.07 Å². The average Bonchev–Trinajstić information content (AvgIpc) is 3.25. The lowest BCUT2D eigenvalue weighted by Gasteiger charge is -2.26. The molecule has 1 fully saturated rings. The van der Waals surface area contributed by atoms with Gasteiger partial charge in [-0.25, -0.2) is 0 Å². The van der Waals surface area contributed by atoms with E-state index in [1.807, 2.05) is 45.0 Å². The number of likely N-dealkylation sites (tertiary alicyclic amines) is 1. The summed E-state index contributed by atoms with van der Waals surface area (Å²) in [5.74, 6) is 2.43. The van der Waals surface area contributed by atoms with Crippen LogP contribution >= 0.6 is 0 Å². The first-order chi connectivity index (χ1) is 12.5. The summed E-state index contributed by atoms with van der Waals surface area (Å²) in [5.41, 5.74) is 2.25. The molecule has 2 heterocycles. The second kappa shape index (κ2) is 8.41. The minimum Gasteiger partial charge on any atom is -0.484 e. The fourth-order valence-corrected chi connectivity index (χ4v) is 3.52. The second-order valence-corrected chi connectivity index (χ2v) is 7.12. The van der Waals surface area contributed by atoms with E-state index >= 15 is 0 Å². The monoisotopic (exact) mass is 356 g/mol. The number of aryl methyl sites for hydroxylation is 3. The lowest BCUT2D eigenvalue weighted by Crippen LogP contribution is -2.38. The smallest absolute Gasteiger partial charge is 0.258 e.